The fraction of sp³-hybridized carbons (Fsp3) is 0.500. The van der Waals surface area contributed by atoms with Crippen molar-refractivity contribution in [3.05, 3.63) is 72.8 Å². The molecule has 2 aromatic rings. The molecular weight excluding hydrogens is 484 g/mol. The van der Waals surface area contributed by atoms with Gasteiger partial charge in [0.15, 0.2) is 0 Å². The van der Waals surface area contributed by atoms with E-state index in [0.29, 0.717) is 13.0 Å². The van der Waals surface area contributed by atoms with Gasteiger partial charge in [0.25, 0.3) is 8.32 Å². The average Bonchev–Trinajstić information content (AvgIpc) is 3.28. The van der Waals surface area contributed by atoms with Crippen molar-refractivity contribution in [1.29, 1.82) is 0 Å². The van der Waals surface area contributed by atoms with Gasteiger partial charge in [0.05, 0.1) is 32.0 Å². The Balaban J connectivity index is 1.49. The third-order valence-corrected chi connectivity index (χ3v) is 12.8. The average molecular weight is 525 g/mol. The molecule has 0 aliphatic carbocycles. The lowest BCUT2D eigenvalue weighted by Crippen LogP contribution is -2.66. The van der Waals surface area contributed by atoms with E-state index in [1.165, 1.54) is 23.6 Å². The molecule has 200 valence electrons. The highest BCUT2D eigenvalue weighted by Gasteiger charge is 2.53. The number of carbonyl (C=O) groups excluding carboxylic acids is 1. The van der Waals surface area contributed by atoms with Gasteiger partial charge < -0.3 is 23.7 Å². The Morgan fingerprint density at radius 1 is 1.08 bits per heavy atom. The van der Waals surface area contributed by atoms with E-state index in [-0.39, 0.29) is 30.0 Å². The molecule has 0 radical (unpaired) electrons. The Morgan fingerprint density at radius 3 is 2.24 bits per heavy atom. The minimum atomic E-state index is -2.61. The van der Waals surface area contributed by atoms with Gasteiger partial charge in [-0.2, -0.15) is 0 Å². The largest absolute Gasteiger partial charge is 0.466 e. The third-order valence-electron chi connectivity index (χ3n) is 7.72. The zero-order valence-electron chi connectivity index (χ0n) is 22.4. The Bertz CT molecular complexity index is 1010. The maximum atomic E-state index is 11.5. The number of hydrogen-bond acceptors (Lipinski definition) is 6. The van der Waals surface area contributed by atoms with E-state index < -0.39 is 19.9 Å². The maximum Gasteiger partial charge on any atom is 0.330 e. The van der Waals surface area contributed by atoms with Crippen molar-refractivity contribution in [3.8, 4) is 0 Å². The van der Waals surface area contributed by atoms with Crippen LogP contribution in [0.4, 0.5) is 0 Å². The van der Waals surface area contributed by atoms with Gasteiger partial charge in [-0.3, -0.25) is 0 Å². The number of carbonyl (C=O) groups is 1. The smallest absolute Gasteiger partial charge is 0.330 e. The normalized spacial score (nSPS) is 26.2. The van der Waals surface area contributed by atoms with Crippen LogP contribution in [0.2, 0.25) is 5.04 Å². The predicted octanol–water partition coefficient (Wildman–Crippen LogP) is 3.75. The predicted molar refractivity (Wildman–Crippen MR) is 147 cm³/mol. The molecule has 0 spiro atoms. The van der Waals surface area contributed by atoms with Crippen molar-refractivity contribution in [1.82, 2.24) is 0 Å². The molecule has 2 heterocycles. The van der Waals surface area contributed by atoms with Crippen LogP contribution in [0.1, 0.15) is 46.5 Å². The van der Waals surface area contributed by atoms with Crippen LogP contribution in [-0.2, 0) is 23.4 Å². The molecule has 6 nitrogen and oxygen atoms in total. The molecule has 0 aromatic heterocycles. The Kier molecular flexibility index (Phi) is 8.71. The summed E-state index contributed by atoms with van der Waals surface area (Å²) in [5.74, 6) is -0.421. The molecular formula is C30H40O6Si. The summed E-state index contributed by atoms with van der Waals surface area (Å²) in [6, 6.07) is 21.3. The Morgan fingerprint density at radius 2 is 1.70 bits per heavy atom. The molecule has 4 atom stereocenters. The Labute approximate surface area is 221 Å². The third kappa shape index (κ3) is 5.76. The quantitative estimate of drug-likeness (QED) is 0.306. The van der Waals surface area contributed by atoms with Gasteiger partial charge in [0.1, 0.15) is 5.60 Å². The zero-order chi connectivity index (χ0) is 26.5. The first-order valence-electron chi connectivity index (χ1n) is 13.2. The minimum absolute atomic E-state index is 0.0337. The monoisotopic (exact) mass is 524 g/mol. The summed E-state index contributed by atoms with van der Waals surface area (Å²) >= 11 is 0. The van der Waals surface area contributed by atoms with Crippen LogP contribution in [0.3, 0.4) is 0 Å². The van der Waals surface area contributed by atoms with Gasteiger partial charge in [0.2, 0.25) is 0 Å². The van der Waals surface area contributed by atoms with Gasteiger partial charge in [0, 0.05) is 19.1 Å². The minimum Gasteiger partial charge on any atom is -0.466 e. The summed E-state index contributed by atoms with van der Waals surface area (Å²) < 4.78 is 24.4. The zero-order valence-corrected chi connectivity index (χ0v) is 23.4. The van der Waals surface area contributed by atoms with Crippen molar-refractivity contribution in [2.24, 2.45) is 0 Å². The van der Waals surface area contributed by atoms with E-state index in [2.05, 4.69) is 74.0 Å². The maximum absolute atomic E-state index is 11.5. The van der Waals surface area contributed by atoms with E-state index in [4.69, 9.17) is 13.9 Å². The van der Waals surface area contributed by atoms with Crippen molar-refractivity contribution in [3.63, 3.8) is 0 Å². The van der Waals surface area contributed by atoms with Gasteiger partial charge in [-0.25, -0.2) is 4.79 Å². The Hall–Kier alpha value is -2.29. The first-order valence-corrected chi connectivity index (χ1v) is 15.1. The summed E-state index contributed by atoms with van der Waals surface area (Å²) in [5, 5.41) is 12.8. The van der Waals surface area contributed by atoms with E-state index in [0.717, 1.165) is 19.3 Å². The van der Waals surface area contributed by atoms with Crippen molar-refractivity contribution < 1.29 is 28.5 Å². The fourth-order valence-corrected chi connectivity index (χ4v) is 10.5. The van der Waals surface area contributed by atoms with Gasteiger partial charge in [-0.05, 0) is 40.8 Å². The number of ether oxygens (including phenoxy) is 3. The molecule has 7 heteroatoms. The molecule has 1 N–H and O–H groups in total. The summed E-state index contributed by atoms with van der Waals surface area (Å²) in [5.41, 5.74) is -0.758. The van der Waals surface area contributed by atoms with Gasteiger partial charge >= 0.3 is 5.97 Å². The van der Waals surface area contributed by atoms with Crippen molar-refractivity contribution >= 4 is 24.7 Å². The molecule has 37 heavy (non-hydrogen) atoms. The number of rotatable bonds is 9. The lowest BCUT2D eigenvalue weighted by molar-refractivity contribution is -0.184. The molecule has 0 amide bonds. The molecule has 4 rings (SSSR count). The first-order chi connectivity index (χ1) is 17.7. The van der Waals surface area contributed by atoms with E-state index in [1.54, 1.807) is 6.08 Å². The summed E-state index contributed by atoms with van der Waals surface area (Å²) in [6.07, 6.45) is 5.44. The topological polar surface area (TPSA) is 74.2 Å². The number of benzene rings is 2. The number of fused-ring (bicyclic) bond motifs is 1. The van der Waals surface area contributed by atoms with Crippen LogP contribution in [0.15, 0.2) is 72.8 Å². The number of esters is 1. The second kappa shape index (κ2) is 11.6. The molecule has 2 aliphatic rings. The number of aliphatic hydroxyl groups is 1. The summed E-state index contributed by atoms with van der Waals surface area (Å²) in [4.78, 5) is 11.5. The second-order valence-corrected chi connectivity index (χ2v) is 15.4. The van der Waals surface area contributed by atoms with E-state index in [1.807, 2.05) is 12.1 Å². The molecule has 2 fully saturated rings. The standard InChI is InChI=1S/C30H40O6Si/c1-29(2,3)37(25-11-7-5-8-12-25,26-13-9-6-10-14-26)34-20-19-23-15-17-27-30(22-31,36-23)21-24(35-27)16-18-28(32)33-4/h5-14,16,18,23-24,27,31H,15,17,19-22H2,1-4H3/b18-16+/t23-,24+,27+,30-/m1/s1. The lowest BCUT2D eigenvalue weighted by Gasteiger charge is -2.44. The molecule has 0 saturated carbocycles. The molecule has 2 aromatic carbocycles. The molecule has 0 unspecified atom stereocenters. The molecule has 2 saturated heterocycles. The van der Waals surface area contributed by atoms with Crippen molar-refractivity contribution in [2.45, 2.75) is 75.4 Å². The fourth-order valence-electron chi connectivity index (χ4n) is 5.92. The van der Waals surface area contributed by atoms with Crippen LogP contribution < -0.4 is 10.4 Å². The second-order valence-electron chi connectivity index (χ2n) is 11.1. The SMILES string of the molecule is COC(=O)/C=C/[C@H]1C[C@]2(CO)O[C@@H](CCO[Si](c3ccccc3)(c3ccccc3)C(C)(C)C)CC[C@@H]2O1. The summed E-state index contributed by atoms with van der Waals surface area (Å²) in [7, 11) is -1.26. The van der Waals surface area contributed by atoms with E-state index in [9.17, 15) is 9.90 Å². The molecule has 2 aliphatic heterocycles. The number of hydrogen-bond donors (Lipinski definition) is 1. The molecule has 0 bridgehead atoms. The number of methoxy groups -OCH3 is 1. The summed E-state index contributed by atoms with van der Waals surface area (Å²) in [6.45, 7) is 7.28. The van der Waals surface area contributed by atoms with Crippen LogP contribution >= 0.6 is 0 Å². The highest BCUT2D eigenvalue weighted by molar-refractivity contribution is 6.99. The van der Waals surface area contributed by atoms with Crippen LogP contribution in [-0.4, -0.2) is 63.6 Å². The highest BCUT2D eigenvalue weighted by Crippen LogP contribution is 2.43. The van der Waals surface area contributed by atoms with Gasteiger partial charge in [-0.15, -0.1) is 0 Å². The van der Waals surface area contributed by atoms with Gasteiger partial charge in [-0.1, -0.05) is 81.4 Å². The van der Waals surface area contributed by atoms with Crippen LogP contribution in [0, 0.1) is 0 Å². The first kappa shape index (κ1) is 27.7. The van der Waals surface area contributed by atoms with Crippen LogP contribution in [0.25, 0.3) is 0 Å². The van der Waals surface area contributed by atoms with Crippen molar-refractivity contribution in [2.75, 3.05) is 20.3 Å². The number of aliphatic hydroxyl groups excluding tert-OH is 1. The lowest BCUT2D eigenvalue weighted by atomic mass is 9.86. The van der Waals surface area contributed by atoms with E-state index >= 15 is 0 Å². The highest BCUT2D eigenvalue weighted by atomic mass is 28.4. The van der Waals surface area contributed by atoms with Crippen LogP contribution in [0.5, 0.6) is 0 Å².